The fourth-order valence-corrected chi connectivity index (χ4v) is 4.89. The highest BCUT2D eigenvalue weighted by Crippen LogP contribution is 2.35. The number of benzene rings is 1. The molecule has 7 heteroatoms. The van der Waals surface area contributed by atoms with E-state index in [0.717, 1.165) is 38.6 Å². The molecule has 0 radical (unpaired) electrons. The summed E-state index contributed by atoms with van der Waals surface area (Å²) in [6, 6.07) is 8.40. The number of primary amides is 1. The average Bonchev–Trinajstić information content (AvgIpc) is 3.09. The van der Waals surface area contributed by atoms with E-state index in [9.17, 15) is 9.59 Å². The summed E-state index contributed by atoms with van der Waals surface area (Å²) in [7, 11) is 0. The number of nitrogens with zero attached hydrogens (tertiary/aromatic N) is 3. The van der Waals surface area contributed by atoms with Crippen LogP contribution in [0, 0.1) is 5.92 Å². The van der Waals surface area contributed by atoms with Crippen LogP contribution >= 0.6 is 0 Å². The van der Waals surface area contributed by atoms with Crippen LogP contribution in [-0.2, 0) is 24.2 Å². The Morgan fingerprint density at radius 2 is 2.00 bits per heavy atom. The number of carbonyl (C=O) groups excluding carboxylic acids is 2. The van der Waals surface area contributed by atoms with Gasteiger partial charge in [-0.05, 0) is 55.2 Å². The zero-order valence-electron chi connectivity index (χ0n) is 17.2. The van der Waals surface area contributed by atoms with Crippen molar-refractivity contribution < 1.29 is 9.59 Å². The number of aryl methyl sites for hydroxylation is 1. The number of nitrogen functional groups attached to an aromatic ring is 1. The maximum Gasteiger partial charge on any atom is 0.254 e. The Morgan fingerprint density at radius 3 is 2.73 bits per heavy atom. The van der Waals surface area contributed by atoms with Crippen LogP contribution in [0.3, 0.4) is 0 Å². The molecule has 0 bridgehead atoms. The van der Waals surface area contributed by atoms with Crippen molar-refractivity contribution in [1.29, 1.82) is 0 Å². The first kappa shape index (κ1) is 20.2. The Labute approximate surface area is 176 Å². The van der Waals surface area contributed by atoms with Crippen LogP contribution in [0.1, 0.15) is 52.4 Å². The minimum atomic E-state index is -0.528. The van der Waals surface area contributed by atoms with Crippen LogP contribution in [0.25, 0.3) is 0 Å². The minimum absolute atomic E-state index is 0.0486. The summed E-state index contributed by atoms with van der Waals surface area (Å²) >= 11 is 0. The molecule has 1 fully saturated rings. The second kappa shape index (κ2) is 8.34. The van der Waals surface area contributed by atoms with Crippen molar-refractivity contribution in [3.63, 3.8) is 0 Å². The number of hydrogen-bond donors (Lipinski definition) is 2. The van der Waals surface area contributed by atoms with Gasteiger partial charge in [-0.3, -0.25) is 9.59 Å². The number of likely N-dealkylation sites (tertiary alicyclic amines) is 1. The lowest BCUT2D eigenvalue weighted by atomic mass is 9.81. The molecule has 1 aromatic heterocycles. The van der Waals surface area contributed by atoms with Gasteiger partial charge in [-0.15, -0.1) is 0 Å². The Kier molecular flexibility index (Phi) is 5.61. The highest BCUT2D eigenvalue weighted by molar-refractivity contribution is 5.98. The van der Waals surface area contributed by atoms with Gasteiger partial charge in [0.25, 0.3) is 5.91 Å². The molecule has 0 saturated carbocycles. The van der Waals surface area contributed by atoms with E-state index in [0.29, 0.717) is 30.2 Å². The van der Waals surface area contributed by atoms with Gasteiger partial charge in [-0.2, -0.15) is 5.10 Å². The summed E-state index contributed by atoms with van der Waals surface area (Å²) < 4.78 is 1.72. The summed E-state index contributed by atoms with van der Waals surface area (Å²) in [6.45, 7) is 5.53. The largest absolute Gasteiger partial charge is 0.383 e. The van der Waals surface area contributed by atoms with Crippen molar-refractivity contribution >= 4 is 17.6 Å². The third-order valence-electron chi connectivity index (χ3n) is 6.44. The van der Waals surface area contributed by atoms with E-state index >= 15 is 0 Å². The van der Waals surface area contributed by atoms with E-state index in [4.69, 9.17) is 16.6 Å². The van der Waals surface area contributed by atoms with Crippen LogP contribution in [0.5, 0.6) is 0 Å². The molecule has 2 unspecified atom stereocenters. The van der Waals surface area contributed by atoms with Gasteiger partial charge >= 0.3 is 0 Å². The molecular weight excluding hydrogens is 378 g/mol. The average molecular weight is 408 g/mol. The molecule has 4 N–H and O–H groups in total. The van der Waals surface area contributed by atoms with Gasteiger partial charge in [0.15, 0.2) is 0 Å². The number of carbonyl (C=O) groups is 2. The van der Waals surface area contributed by atoms with Gasteiger partial charge in [0.1, 0.15) is 11.4 Å². The molecule has 2 atom stereocenters. The quantitative estimate of drug-likeness (QED) is 0.741. The molecule has 4 rings (SSSR count). The van der Waals surface area contributed by atoms with Crippen LogP contribution in [0.2, 0.25) is 0 Å². The summed E-state index contributed by atoms with van der Waals surface area (Å²) in [6.07, 6.45) is 5.97. The molecule has 1 aliphatic heterocycles. The van der Waals surface area contributed by atoms with Crippen LogP contribution in [-0.4, -0.2) is 39.6 Å². The highest BCUT2D eigenvalue weighted by Gasteiger charge is 2.31. The predicted octanol–water partition coefficient (Wildman–Crippen LogP) is 2.26. The predicted molar refractivity (Wildman–Crippen MR) is 116 cm³/mol. The Hall–Kier alpha value is -3.09. The van der Waals surface area contributed by atoms with Gasteiger partial charge in [-0.1, -0.05) is 30.8 Å². The Bertz CT molecular complexity index is 980. The third kappa shape index (κ3) is 3.84. The number of anilines is 1. The van der Waals surface area contributed by atoms with Crippen molar-refractivity contribution in [2.45, 2.75) is 44.6 Å². The molecule has 2 aromatic rings. The summed E-state index contributed by atoms with van der Waals surface area (Å²) in [5.74, 6) is 0.109. The topological polar surface area (TPSA) is 107 Å². The van der Waals surface area contributed by atoms with E-state index in [-0.39, 0.29) is 17.7 Å². The molecule has 2 heterocycles. The lowest BCUT2D eigenvalue weighted by Crippen LogP contribution is -2.40. The highest BCUT2D eigenvalue weighted by atomic mass is 16.2. The maximum atomic E-state index is 12.2. The zero-order valence-corrected chi connectivity index (χ0v) is 17.2. The van der Waals surface area contributed by atoms with Crippen molar-refractivity contribution in [2.24, 2.45) is 11.7 Å². The maximum absolute atomic E-state index is 12.2. The van der Waals surface area contributed by atoms with Crippen molar-refractivity contribution in [2.75, 3.05) is 18.8 Å². The molecule has 30 heavy (non-hydrogen) atoms. The number of hydrogen-bond acceptors (Lipinski definition) is 4. The summed E-state index contributed by atoms with van der Waals surface area (Å²) in [5, 5.41) is 4.78. The van der Waals surface area contributed by atoms with Crippen LogP contribution < -0.4 is 11.5 Å². The first-order valence-corrected chi connectivity index (χ1v) is 10.6. The third-order valence-corrected chi connectivity index (χ3v) is 6.44. The van der Waals surface area contributed by atoms with E-state index in [1.54, 1.807) is 4.68 Å². The fraction of sp³-hybridized carbons (Fsp3) is 0.435. The van der Waals surface area contributed by atoms with E-state index in [2.05, 4.69) is 24.8 Å². The molecule has 2 amide bonds. The van der Waals surface area contributed by atoms with Gasteiger partial charge in [-0.25, -0.2) is 4.68 Å². The summed E-state index contributed by atoms with van der Waals surface area (Å²) in [4.78, 5) is 26.0. The lowest BCUT2D eigenvalue weighted by Gasteiger charge is -2.32. The number of nitrogens with two attached hydrogens (primary N) is 2. The molecule has 0 spiro atoms. The Balaban J connectivity index is 1.58. The van der Waals surface area contributed by atoms with Gasteiger partial charge in [0.2, 0.25) is 5.91 Å². The van der Waals surface area contributed by atoms with Crippen LogP contribution in [0.15, 0.2) is 36.9 Å². The van der Waals surface area contributed by atoms with Crippen molar-refractivity contribution in [3.05, 3.63) is 59.3 Å². The minimum Gasteiger partial charge on any atom is -0.383 e. The number of piperidine rings is 1. The molecular formula is C23H29N5O2. The summed E-state index contributed by atoms with van der Waals surface area (Å²) in [5.41, 5.74) is 15.8. The normalized spacial score (nSPS) is 21.1. The standard InChI is InChI=1S/C23H29N5O2/c1-2-19(29)27-11-5-6-15(13-27)14-28-22(24)20(23(25)30)21(26-28)18-10-9-16-7-3-4-8-17(16)12-18/h2-4,7-8,15,18H,1,5-6,9-14,24H2,(H2,25,30). The van der Waals surface area contributed by atoms with Crippen molar-refractivity contribution in [3.8, 4) is 0 Å². The molecule has 158 valence electrons. The number of aromatic nitrogens is 2. The number of fused-ring (bicyclic) bond motifs is 1. The first-order chi connectivity index (χ1) is 14.5. The van der Waals surface area contributed by atoms with Crippen molar-refractivity contribution in [1.82, 2.24) is 14.7 Å². The molecule has 2 aliphatic rings. The second-order valence-electron chi connectivity index (χ2n) is 8.40. The van der Waals surface area contributed by atoms with Gasteiger partial charge < -0.3 is 16.4 Å². The van der Waals surface area contributed by atoms with E-state index in [1.807, 2.05) is 11.0 Å². The molecule has 1 aliphatic carbocycles. The van der Waals surface area contributed by atoms with Gasteiger partial charge in [0.05, 0.1) is 5.69 Å². The van der Waals surface area contributed by atoms with E-state index in [1.165, 1.54) is 17.2 Å². The Morgan fingerprint density at radius 1 is 1.23 bits per heavy atom. The first-order valence-electron chi connectivity index (χ1n) is 10.6. The monoisotopic (exact) mass is 407 g/mol. The second-order valence-corrected chi connectivity index (χ2v) is 8.40. The fourth-order valence-electron chi connectivity index (χ4n) is 4.89. The van der Waals surface area contributed by atoms with Gasteiger partial charge in [0, 0.05) is 25.6 Å². The molecule has 1 saturated heterocycles. The van der Waals surface area contributed by atoms with Crippen LogP contribution in [0.4, 0.5) is 5.82 Å². The number of amides is 2. The SMILES string of the molecule is C=CC(=O)N1CCCC(Cn2nc(C3CCc4ccccc4C3)c(C(N)=O)c2N)C1. The molecule has 1 aromatic carbocycles. The zero-order chi connectivity index (χ0) is 21.3. The molecule has 7 nitrogen and oxygen atoms in total. The lowest BCUT2D eigenvalue weighted by molar-refractivity contribution is -0.127. The van der Waals surface area contributed by atoms with E-state index < -0.39 is 5.91 Å². The smallest absolute Gasteiger partial charge is 0.254 e. The number of rotatable bonds is 5.